The van der Waals surface area contributed by atoms with E-state index in [0.29, 0.717) is 0 Å². The molecule has 0 aromatic heterocycles. The van der Waals surface area contributed by atoms with Crippen LogP contribution >= 0.6 is 0 Å². The highest BCUT2D eigenvalue weighted by atomic mass is 16.4. The summed E-state index contributed by atoms with van der Waals surface area (Å²) in [4.78, 5) is 29.0. The van der Waals surface area contributed by atoms with Gasteiger partial charge in [-0.25, -0.2) is 0 Å². The van der Waals surface area contributed by atoms with Crippen molar-refractivity contribution in [1.82, 2.24) is 0 Å². The first-order valence-corrected chi connectivity index (χ1v) is 3.82. The molecule has 0 radical (unpaired) electrons. The van der Waals surface area contributed by atoms with Gasteiger partial charge in [-0.05, 0) is 6.42 Å². The standard InChI is InChI=1S/C5H8O4.C2H6N2O/c6-4(7)2-1-3-5(8)9;3-1-2(4)5/h1-3H2,(H,6,7)(H,8,9);1,3H2,(H2,4,5). The molecule has 6 N–H and O–H groups in total. The summed E-state index contributed by atoms with van der Waals surface area (Å²) in [5, 5.41) is 16.1. The van der Waals surface area contributed by atoms with Crippen LogP contribution in [0.15, 0.2) is 0 Å². The Kier molecular flexibility index (Phi) is 10.0. The average Bonchev–Trinajstić information content (AvgIpc) is 2.04. The van der Waals surface area contributed by atoms with Gasteiger partial charge in [0, 0.05) is 12.8 Å². The summed E-state index contributed by atoms with van der Waals surface area (Å²) in [6.07, 6.45) is 0.0866. The minimum atomic E-state index is -0.948. The zero-order chi connectivity index (χ0) is 11.6. The highest BCUT2D eigenvalue weighted by molar-refractivity contribution is 5.75. The molecule has 0 atom stereocenters. The number of hydrogen-bond acceptors (Lipinski definition) is 4. The van der Waals surface area contributed by atoms with Gasteiger partial charge in [-0.2, -0.15) is 0 Å². The summed E-state index contributed by atoms with van der Waals surface area (Å²) in [6.45, 7) is -0.0556. The zero-order valence-corrected chi connectivity index (χ0v) is 7.60. The Labute approximate surface area is 80.7 Å². The minimum absolute atomic E-state index is 0.0556. The van der Waals surface area contributed by atoms with Crippen LogP contribution in [0, 0.1) is 0 Å². The topological polar surface area (TPSA) is 144 Å². The number of hydrogen-bond donors (Lipinski definition) is 4. The number of amides is 1. The molecular formula is C7H14N2O5. The number of rotatable bonds is 5. The third-order valence-corrected chi connectivity index (χ3v) is 0.982. The number of aliphatic carboxylic acids is 2. The summed E-state index contributed by atoms with van der Waals surface area (Å²) in [5.41, 5.74) is 9.22. The number of carboxylic acids is 2. The second kappa shape index (κ2) is 9.46. The average molecular weight is 206 g/mol. The van der Waals surface area contributed by atoms with Gasteiger partial charge in [0.1, 0.15) is 0 Å². The van der Waals surface area contributed by atoms with Gasteiger partial charge in [-0.15, -0.1) is 0 Å². The molecule has 0 saturated carbocycles. The Morgan fingerprint density at radius 1 is 1.00 bits per heavy atom. The summed E-state index contributed by atoms with van der Waals surface area (Å²) >= 11 is 0. The van der Waals surface area contributed by atoms with Crippen molar-refractivity contribution < 1.29 is 24.6 Å². The van der Waals surface area contributed by atoms with Crippen molar-refractivity contribution in [3.05, 3.63) is 0 Å². The van der Waals surface area contributed by atoms with E-state index in [9.17, 15) is 14.4 Å². The molecule has 0 bridgehead atoms. The summed E-state index contributed by atoms with van der Waals surface area (Å²) in [6, 6.07) is 0. The quantitative estimate of drug-likeness (QED) is 0.442. The molecule has 0 aliphatic rings. The fraction of sp³-hybridized carbons (Fsp3) is 0.571. The molecule has 0 heterocycles. The first kappa shape index (κ1) is 14.9. The van der Waals surface area contributed by atoms with Crippen LogP contribution in [0.1, 0.15) is 19.3 Å². The van der Waals surface area contributed by atoms with Gasteiger partial charge >= 0.3 is 11.9 Å². The van der Waals surface area contributed by atoms with Crippen LogP contribution < -0.4 is 11.5 Å². The molecule has 7 heteroatoms. The molecule has 0 fully saturated rings. The molecule has 0 aromatic carbocycles. The number of nitrogens with two attached hydrogens (primary N) is 2. The summed E-state index contributed by atoms with van der Waals surface area (Å²) in [7, 11) is 0. The lowest BCUT2D eigenvalue weighted by atomic mass is 10.2. The number of primary amides is 1. The van der Waals surface area contributed by atoms with E-state index in [2.05, 4.69) is 5.73 Å². The molecule has 14 heavy (non-hydrogen) atoms. The van der Waals surface area contributed by atoms with Gasteiger partial charge in [-0.3, -0.25) is 14.4 Å². The van der Waals surface area contributed by atoms with E-state index in [1.165, 1.54) is 0 Å². The molecule has 7 nitrogen and oxygen atoms in total. The van der Waals surface area contributed by atoms with Gasteiger partial charge in [0.15, 0.2) is 0 Å². The van der Waals surface area contributed by atoms with Crippen LogP contribution in [0.2, 0.25) is 0 Å². The molecule has 0 aliphatic heterocycles. The monoisotopic (exact) mass is 206 g/mol. The van der Waals surface area contributed by atoms with E-state index in [0.717, 1.165) is 0 Å². The van der Waals surface area contributed by atoms with Crippen molar-refractivity contribution in [3.8, 4) is 0 Å². The molecule has 82 valence electrons. The van der Waals surface area contributed by atoms with Crippen molar-refractivity contribution in [2.24, 2.45) is 11.5 Å². The molecular weight excluding hydrogens is 192 g/mol. The predicted molar refractivity (Wildman–Crippen MR) is 47.4 cm³/mol. The van der Waals surface area contributed by atoms with Crippen LogP contribution in [0.3, 0.4) is 0 Å². The predicted octanol–water partition coefficient (Wildman–Crippen LogP) is -1.24. The van der Waals surface area contributed by atoms with Gasteiger partial charge in [0.25, 0.3) is 0 Å². The van der Waals surface area contributed by atoms with Crippen molar-refractivity contribution in [2.75, 3.05) is 6.54 Å². The lowest BCUT2D eigenvalue weighted by molar-refractivity contribution is -0.138. The third kappa shape index (κ3) is 22.4. The molecule has 0 saturated heterocycles. The zero-order valence-electron chi connectivity index (χ0n) is 7.60. The van der Waals surface area contributed by atoms with Crippen LogP contribution in [-0.2, 0) is 14.4 Å². The Morgan fingerprint density at radius 2 is 1.29 bits per heavy atom. The normalized spacial score (nSPS) is 8.36. The first-order chi connectivity index (χ1) is 6.40. The molecule has 0 aromatic rings. The minimum Gasteiger partial charge on any atom is -0.481 e. The SMILES string of the molecule is NCC(N)=O.O=C(O)CCCC(=O)O. The molecule has 0 rings (SSSR count). The summed E-state index contributed by atoms with van der Waals surface area (Å²) in [5.74, 6) is -2.36. The van der Waals surface area contributed by atoms with Crippen LogP contribution in [0.4, 0.5) is 0 Å². The van der Waals surface area contributed by atoms with Crippen molar-refractivity contribution >= 4 is 17.8 Å². The van der Waals surface area contributed by atoms with Gasteiger partial charge in [0.2, 0.25) is 5.91 Å². The van der Waals surface area contributed by atoms with Crippen LogP contribution in [0.5, 0.6) is 0 Å². The Balaban J connectivity index is 0. The fourth-order valence-electron chi connectivity index (χ4n) is 0.391. The van der Waals surface area contributed by atoms with E-state index in [-0.39, 0.29) is 25.8 Å². The van der Waals surface area contributed by atoms with Crippen LogP contribution in [-0.4, -0.2) is 34.6 Å². The number of carboxylic acid groups (broad SMARTS) is 2. The fourth-order valence-corrected chi connectivity index (χ4v) is 0.391. The molecule has 1 amide bonds. The van der Waals surface area contributed by atoms with E-state index >= 15 is 0 Å². The molecule has 0 aliphatic carbocycles. The van der Waals surface area contributed by atoms with Gasteiger partial charge in [-0.1, -0.05) is 0 Å². The summed E-state index contributed by atoms with van der Waals surface area (Å²) < 4.78 is 0. The third-order valence-electron chi connectivity index (χ3n) is 0.982. The Morgan fingerprint density at radius 3 is 1.43 bits per heavy atom. The van der Waals surface area contributed by atoms with Gasteiger partial charge < -0.3 is 21.7 Å². The maximum atomic E-state index is 9.79. The molecule has 0 unspecified atom stereocenters. The van der Waals surface area contributed by atoms with E-state index < -0.39 is 17.8 Å². The lowest BCUT2D eigenvalue weighted by Crippen LogP contribution is -2.21. The largest absolute Gasteiger partial charge is 0.481 e. The second-order valence-electron chi connectivity index (χ2n) is 2.31. The number of carbonyl (C=O) groups excluding carboxylic acids is 1. The van der Waals surface area contributed by atoms with Crippen molar-refractivity contribution in [3.63, 3.8) is 0 Å². The van der Waals surface area contributed by atoms with Crippen LogP contribution in [0.25, 0.3) is 0 Å². The Hall–Kier alpha value is -1.63. The highest BCUT2D eigenvalue weighted by Gasteiger charge is 1.99. The molecule has 0 spiro atoms. The smallest absolute Gasteiger partial charge is 0.303 e. The van der Waals surface area contributed by atoms with E-state index in [1.807, 2.05) is 0 Å². The van der Waals surface area contributed by atoms with Gasteiger partial charge in [0.05, 0.1) is 6.54 Å². The van der Waals surface area contributed by atoms with E-state index in [1.54, 1.807) is 0 Å². The maximum absolute atomic E-state index is 9.79. The van der Waals surface area contributed by atoms with Crippen molar-refractivity contribution in [1.29, 1.82) is 0 Å². The number of carbonyl (C=O) groups is 3. The maximum Gasteiger partial charge on any atom is 0.303 e. The van der Waals surface area contributed by atoms with E-state index in [4.69, 9.17) is 15.9 Å². The second-order valence-corrected chi connectivity index (χ2v) is 2.31. The Bertz CT molecular complexity index is 190. The lowest BCUT2D eigenvalue weighted by Gasteiger charge is -1.89. The highest BCUT2D eigenvalue weighted by Crippen LogP contribution is 1.93. The first-order valence-electron chi connectivity index (χ1n) is 3.82. The van der Waals surface area contributed by atoms with Crippen molar-refractivity contribution in [2.45, 2.75) is 19.3 Å².